The maximum Gasteiger partial charge on any atom is 0.194 e. The number of hydrogen-bond acceptors (Lipinski definition) is 3. The quantitative estimate of drug-likeness (QED) is 0.272. The van der Waals surface area contributed by atoms with Crippen LogP contribution in [0.1, 0.15) is 49.5 Å². The van der Waals surface area contributed by atoms with E-state index in [0.717, 1.165) is 12.1 Å². The molecule has 0 spiro atoms. The van der Waals surface area contributed by atoms with E-state index in [1.54, 1.807) is 6.07 Å². The van der Waals surface area contributed by atoms with Crippen LogP contribution in [0.25, 0.3) is 11.1 Å². The molecule has 1 aliphatic heterocycles. The Morgan fingerprint density at radius 2 is 1.56 bits per heavy atom. The van der Waals surface area contributed by atoms with Crippen LogP contribution in [0, 0.1) is 40.8 Å². The fraction of sp³-hybridized carbons (Fsp3) is 0.333. The van der Waals surface area contributed by atoms with Gasteiger partial charge in [-0.2, -0.15) is 0 Å². The van der Waals surface area contributed by atoms with E-state index in [4.69, 9.17) is 15.2 Å². The molecule has 3 unspecified atom stereocenters. The fourth-order valence-corrected chi connectivity index (χ4v) is 4.25. The molecule has 3 aromatic rings. The highest BCUT2D eigenvalue weighted by atomic mass is 19.2. The molecule has 9 heteroatoms. The second-order valence-electron chi connectivity index (χ2n) is 8.90. The Morgan fingerprint density at radius 1 is 0.889 bits per heavy atom. The Labute approximate surface area is 204 Å². The molecule has 0 aromatic heterocycles. The molecule has 0 bridgehead atoms. The first-order chi connectivity index (χ1) is 17.2. The van der Waals surface area contributed by atoms with Crippen molar-refractivity contribution in [2.24, 2.45) is 11.7 Å². The lowest BCUT2D eigenvalue weighted by atomic mass is 9.93. The second kappa shape index (κ2) is 10.9. The highest BCUT2D eigenvalue weighted by molar-refractivity contribution is 5.64. The van der Waals surface area contributed by atoms with Crippen molar-refractivity contribution in [1.29, 1.82) is 0 Å². The van der Waals surface area contributed by atoms with Crippen molar-refractivity contribution in [1.82, 2.24) is 0 Å². The van der Waals surface area contributed by atoms with Gasteiger partial charge in [0, 0.05) is 17.5 Å². The summed E-state index contributed by atoms with van der Waals surface area (Å²) in [6.45, 7) is 2.08. The smallest absolute Gasteiger partial charge is 0.194 e. The van der Waals surface area contributed by atoms with Gasteiger partial charge in [-0.05, 0) is 66.3 Å². The molecule has 1 fully saturated rings. The van der Waals surface area contributed by atoms with Gasteiger partial charge in [0.25, 0.3) is 0 Å². The van der Waals surface area contributed by atoms with E-state index >= 15 is 0 Å². The topological polar surface area (TPSA) is 44.5 Å². The van der Waals surface area contributed by atoms with E-state index in [9.17, 15) is 26.3 Å². The number of halogens is 6. The summed E-state index contributed by atoms with van der Waals surface area (Å²) in [6, 6.07) is 7.49. The Balaban J connectivity index is 1.37. The SMILES string of the molecule is CCC(N)c1cc(F)c(OCC2CCC(c3ccc(-c4cc(F)c(F)c(F)c4)c(F)c3)OC2)c(F)c1. The van der Waals surface area contributed by atoms with Crippen LogP contribution in [0.5, 0.6) is 5.75 Å². The summed E-state index contributed by atoms with van der Waals surface area (Å²) >= 11 is 0. The first-order valence-electron chi connectivity index (χ1n) is 11.6. The van der Waals surface area contributed by atoms with Crippen molar-refractivity contribution in [3.63, 3.8) is 0 Å². The minimum atomic E-state index is -1.62. The van der Waals surface area contributed by atoms with Gasteiger partial charge in [0.1, 0.15) is 5.82 Å². The van der Waals surface area contributed by atoms with Crippen LogP contribution in [0.2, 0.25) is 0 Å². The highest BCUT2D eigenvalue weighted by Crippen LogP contribution is 2.35. The zero-order valence-electron chi connectivity index (χ0n) is 19.5. The molecular formula is C27H25F6NO2. The van der Waals surface area contributed by atoms with E-state index < -0.39 is 52.8 Å². The van der Waals surface area contributed by atoms with Crippen LogP contribution in [0.15, 0.2) is 42.5 Å². The molecule has 3 nitrogen and oxygen atoms in total. The number of ether oxygens (including phenoxy) is 2. The van der Waals surface area contributed by atoms with Gasteiger partial charge < -0.3 is 15.2 Å². The van der Waals surface area contributed by atoms with Crippen molar-refractivity contribution in [3.8, 4) is 16.9 Å². The highest BCUT2D eigenvalue weighted by Gasteiger charge is 2.26. The Morgan fingerprint density at radius 3 is 2.11 bits per heavy atom. The summed E-state index contributed by atoms with van der Waals surface area (Å²) in [5, 5.41) is 0. The minimum absolute atomic E-state index is 0.0364. The summed E-state index contributed by atoms with van der Waals surface area (Å²) in [7, 11) is 0. The average Bonchev–Trinajstić information content (AvgIpc) is 2.86. The third-order valence-corrected chi connectivity index (χ3v) is 6.38. The zero-order chi connectivity index (χ0) is 26.0. The van der Waals surface area contributed by atoms with Crippen LogP contribution < -0.4 is 10.5 Å². The lowest BCUT2D eigenvalue weighted by molar-refractivity contribution is -0.0292. The first-order valence-corrected chi connectivity index (χ1v) is 11.6. The molecule has 192 valence electrons. The summed E-state index contributed by atoms with van der Waals surface area (Å²) in [5.74, 6) is -7.39. The molecule has 0 amide bonds. The van der Waals surface area contributed by atoms with E-state index in [0.29, 0.717) is 30.4 Å². The molecular weight excluding hydrogens is 484 g/mol. The van der Waals surface area contributed by atoms with Gasteiger partial charge in [0.05, 0.1) is 19.3 Å². The molecule has 0 saturated carbocycles. The molecule has 4 rings (SSSR count). The standard InChI is InChI=1S/C27H25F6NO2/c1-2-24(34)17-10-22(31)27(23(32)11-17)36-13-14-3-6-25(35-12-14)15-4-5-18(19(28)7-15)16-8-20(29)26(33)21(30)9-16/h4-5,7-11,14,24-25H,2-3,6,12-13,34H2,1H3. The summed E-state index contributed by atoms with van der Waals surface area (Å²) < 4.78 is 94.9. The van der Waals surface area contributed by atoms with E-state index in [1.165, 1.54) is 24.3 Å². The fourth-order valence-electron chi connectivity index (χ4n) is 4.25. The third-order valence-electron chi connectivity index (χ3n) is 6.38. The normalized spacial score (nSPS) is 18.8. The predicted molar refractivity (Wildman–Crippen MR) is 122 cm³/mol. The van der Waals surface area contributed by atoms with Gasteiger partial charge in [-0.3, -0.25) is 0 Å². The van der Waals surface area contributed by atoms with Crippen molar-refractivity contribution in [3.05, 3.63) is 88.5 Å². The van der Waals surface area contributed by atoms with Crippen LogP contribution in [0.4, 0.5) is 26.3 Å². The van der Waals surface area contributed by atoms with Crippen LogP contribution in [-0.2, 0) is 4.74 Å². The van der Waals surface area contributed by atoms with Crippen molar-refractivity contribution in [2.45, 2.75) is 38.3 Å². The zero-order valence-corrected chi connectivity index (χ0v) is 19.5. The maximum atomic E-state index is 14.7. The first kappa shape index (κ1) is 26.0. The van der Waals surface area contributed by atoms with Crippen LogP contribution >= 0.6 is 0 Å². The third kappa shape index (κ3) is 5.52. The monoisotopic (exact) mass is 509 g/mol. The summed E-state index contributed by atoms with van der Waals surface area (Å²) in [4.78, 5) is 0. The Bertz CT molecular complexity index is 1200. The molecule has 1 aliphatic rings. The van der Waals surface area contributed by atoms with E-state index in [-0.39, 0.29) is 30.3 Å². The Hall–Kier alpha value is -3.04. The minimum Gasteiger partial charge on any atom is -0.487 e. The molecule has 0 radical (unpaired) electrons. The van der Waals surface area contributed by atoms with Crippen molar-refractivity contribution in [2.75, 3.05) is 13.2 Å². The number of benzene rings is 3. The van der Waals surface area contributed by atoms with Gasteiger partial charge in [-0.25, -0.2) is 26.3 Å². The molecule has 1 heterocycles. The summed E-state index contributed by atoms with van der Waals surface area (Å²) in [6.07, 6.45) is 1.21. The number of nitrogens with two attached hydrogens (primary N) is 1. The molecule has 0 aliphatic carbocycles. The number of rotatable bonds is 7. The maximum absolute atomic E-state index is 14.7. The summed E-state index contributed by atoms with van der Waals surface area (Å²) in [5.41, 5.74) is 6.53. The van der Waals surface area contributed by atoms with Crippen molar-refractivity contribution >= 4 is 0 Å². The molecule has 1 saturated heterocycles. The van der Waals surface area contributed by atoms with Crippen LogP contribution in [-0.4, -0.2) is 13.2 Å². The molecule has 36 heavy (non-hydrogen) atoms. The number of hydrogen-bond donors (Lipinski definition) is 1. The predicted octanol–water partition coefficient (Wildman–Crippen LogP) is 7.14. The van der Waals surface area contributed by atoms with E-state index in [2.05, 4.69) is 0 Å². The van der Waals surface area contributed by atoms with Crippen LogP contribution in [0.3, 0.4) is 0 Å². The van der Waals surface area contributed by atoms with Gasteiger partial charge in [-0.1, -0.05) is 19.1 Å². The lowest BCUT2D eigenvalue weighted by Gasteiger charge is -2.29. The molecule has 3 aromatic carbocycles. The molecule has 3 atom stereocenters. The second-order valence-corrected chi connectivity index (χ2v) is 8.90. The van der Waals surface area contributed by atoms with Gasteiger partial charge >= 0.3 is 0 Å². The van der Waals surface area contributed by atoms with E-state index in [1.807, 2.05) is 6.92 Å². The largest absolute Gasteiger partial charge is 0.487 e. The average molecular weight is 509 g/mol. The molecule has 2 N–H and O–H groups in total. The van der Waals surface area contributed by atoms with Crippen molar-refractivity contribution < 1.29 is 35.8 Å². The lowest BCUT2D eigenvalue weighted by Crippen LogP contribution is -2.26. The van der Waals surface area contributed by atoms with Gasteiger partial charge in [0.2, 0.25) is 0 Å². The van der Waals surface area contributed by atoms with Gasteiger partial charge in [-0.15, -0.1) is 0 Å². The Kier molecular flexibility index (Phi) is 7.90. The van der Waals surface area contributed by atoms with Gasteiger partial charge in [0.15, 0.2) is 34.8 Å².